The van der Waals surface area contributed by atoms with Crippen molar-refractivity contribution in [1.82, 2.24) is 5.32 Å². The molecule has 98 valence electrons. The Labute approximate surface area is 111 Å². The fourth-order valence-electron chi connectivity index (χ4n) is 2.06. The van der Waals surface area contributed by atoms with E-state index in [1.54, 1.807) is 23.9 Å². The summed E-state index contributed by atoms with van der Waals surface area (Å²) in [6.07, 6.45) is 2.98. The number of carbonyl (C=O) groups is 1. The Balaban J connectivity index is 1.97. The molecule has 0 radical (unpaired) electrons. The van der Waals surface area contributed by atoms with Crippen LogP contribution in [0.2, 0.25) is 0 Å². The van der Waals surface area contributed by atoms with Gasteiger partial charge >= 0.3 is 0 Å². The Kier molecular flexibility index (Phi) is 4.27. The van der Waals surface area contributed by atoms with Crippen LogP contribution in [-0.4, -0.2) is 12.2 Å². The number of nitrogens with one attached hydrogen (secondary N) is 1. The van der Waals surface area contributed by atoms with Crippen LogP contribution in [0.15, 0.2) is 18.2 Å². The molecule has 0 heterocycles. The minimum Gasteiger partial charge on any atom is -0.352 e. The zero-order valence-electron chi connectivity index (χ0n) is 10.7. The van der Waals surface area contributed by atoms with E-state index in [4.69, 9.17) is 0 Å². The van der Waals surface area contributed by atoms with Gasteiger partial charge in [-0.1, -0.05) is 13.0 Å². The van der Waals surface area contributed by atoms with Gasteiger partial charge in [-0.05, 0) is 41.9 Å². The van der Waals surface area contributed by atoms with Gasteiger partial charge in [-0.25, -0.2) is 4.39 Å². The van der Waals surface area contributed by atoms with Gasteiger partial charge in [0, 0.05) is 18.2 Å². The molecule has 4 heteroatoms. The highest BCUT2D eigenvalue weighted by atomic mass is 32.2. The third-order valence-corrected chi connectivity index (χ3v) is 3.97. The lowest BCUT2D eigenvalue weighted by molar-refractivity contribution is -0.122. The summed E-state index contributed by atoms with van der Waals surface area (Å²) >= 11 is 1.65. The smallest absolute Gasteiger partial charge is 0.223 e. The Morgan fingerprint density at radius 3 is 2.83 bits per heavy atom. The number of halogens is 1. The monoisotopic (exact) mass is 267 g/mol. The Bertz CT molecular complexity index is 449. The van der Waals surface area contributed by atoms with Crippen molar-refractivity contribution in [3.63, 3.8) is 0 Å². The van der Waals surface area contributed by atoms with Crippen molar-refractivity contribution in [2.24, 2.45) is 11.8 Å². The summed E-state index contributed by atoms with van der Waals surface area (Å²) in [7, 11) is 0. The van der Waals surface area contributed by atoms with Crippen LogP contribution in [0, 0.1) is 17.7 Å². The maximum atomic E-state index is 13.2. The molecule has 2 atom stereocenters. The molecule has 1 N–H and O–H groups in total. The molecule has 2 unspecified atom stereocenters. The number of hydrogen-bond acceptors (Lipinski definition) is 2. The highest BCUT2D eigenvalue weighted by Crippen LogP contribution is 2.37. The second-order valence-corrected chi connectivity index (χ2v) is 5.75. The average Bonchev–Trinajstić information content (AvgIpc) is 3.05. The lowest BCUT2D eigenvalue weighted by atomic mass is 10.1. The molecule has 1 fully saturated rings. The molecule has 1 aliphatic carbocycles. The third-order valence-electron chi connectivity index (χ3n) is 3.37. The first-order valence-electron chi connectivity index (χ1n) is 6.15. The van der Waals surface area contributed by atoms with Crippen molar-refractivity contribution < 1.29 is 9.18 Å². The molecule has 0 aliphatic heterocycles. The van der Waals surface area contributed by atoms with Crippen molar-refractivity contribution in [3.8, 4) is 0 Å². The van der Waals surface area contributed by atoms with E-state index in [0.29, 0.717) is 12.5 Å². The zero-order chi connectivity index (χ0) is 13.1. The summed E-state index contributed by atoms with van der Waals surface area (Å²) in [5.74, 6) is 1.38. The second-order valence-electron chi connectivity index (χ2n) is 4.88. The average molecular weight is 267 g/mol. The van der Waals surface area contributed by atoms with Gasteiger partial charge in [-0.2, -0.15) is 11.8 Å². The molecule has 0 aromatic heterocycles. The summed E-state index contributed by atoms with van der Waals surface area (Å²) in [6, 6.07) is 4.76. The fourth-order valence-corrected chi connectivity index (χ4v) is 2.64. The molecule has 18 heavy (non-hydrogen) atoms. The summed E-state index contributed by atoms with van der Waals surface area (Å²) in [5, 5.41) is 2.94. The normalized spacial score (nSPS) is 21.7. The number of hydrogen-bond donors (Lipinski definition) is 1. The molecule has 0 saturated heterocycles. The Morgan fingerprint density at radius 1 is 1.50 bits per heavy atom. The van der Waals surface area contributed by atoms with Crippen LogP contribution >= 0.6 is 11.8 Å². The number of amides is 1. The number of carbonyl (C=O) groups excluding carboxylic acids is 1. The van der Waals surface area contributed by atoms with Gasteiger partial charge < -0.3 is 5.32 Å². The van der Waals surface area contributed by atoms with Gasteiger partial charge in [0.15, 0.2) is 0 Å². The molecule has 0 bridgehead atoms. The zero-order valence-corrected chi connectivity index (χ0v) is 11.5. The molecular formula is C14H18FNOS. The van der Waals surface area contributed by atoms with Crippen LogP contribution in [0.4, 0.5) is 4.39 Å². The molecule has 1 amide bonds. The topological polar surface area (TPSA) is 29.1 Å². The molecule has 2 nitrogen and oxygen atoms in total. The van der Waals surface area contributed by atoms with Crippen LogP contribution < -0.4 is 5.32 Å². The van der Waals surface area contributed by atoms with Crippen molar-refractivity contribution in [2.45, 2.75) is 25.6 Å². The highest BCUT2D eigenvalue weighted by Gasteiger charge is 2.38. The predicted octanol–water partition coefficient (Wildman–Crippen LogP) is 2.96. The van der Waals surface area contributed by atoms with Gasteiger partial charge in [0.05, 0.1) is 0 Å². The molecule has 0 spiro atoms. The Hall–Kier alpha value is -1.03. The van der Waals surface area contributed by atoms with Crippen LogP contribution in [0.5, 0.6) is 0 Å². The minimum atomic E-state index is -0.218. The van der Waals surface area contributed by atoms with Crippen molar-refractivity contribution in [2.75, 3.05) is 6.26 Å². The SMILES string of the molecule is CSCc1cc(F)ccc1CNC(=O)C1CC1C. The van der Waals surface area contributed by atoms with E-state index in [0.717, 1.165) is 23.3 Å². The predicted molar refractivity (Wildman–Crippen MR) is 72.7 cm³/mol. The molecule has 1 aliphatic rings. The number of benzene rings is 1. The lowest BCUT2D eigenvalue weighted by Gasteiger charge is -2.10. The molecule has 2 rings (SSSR count). The number of thioether (sulfide) groups is 1. The summed E-state index contributed by atoms with van der Waals surface area (Å²) in [4.78, 5) is 11.7. The maximum Gasteiger partial charge on any atom is 0.223 e. The lowest BCUT2D eigenvalue weighted by Crippen LogP contribution is -2.25. The number of rotatable bonds is 5. The van der Waals surface area contributed by atoms with E-state index >= 15 is 0 Å². The van der Waals surface area contributed by atoms with Gasteiger partial charge in [-0.15, -0.1) is 0 Å². The van der Waals surface area contributed by atoms with Crippen molar-refractivity contribution in [1.29, 1.82) is 0 Å². The van der Waals surface area contributed by atoms with E-state index in [1.165, 1.54) is 6.07 Å². The quantitative estimate of drug-likeness (QED) is 0.888. The first-order valence-corrected chi connectivity index (χ1v) is 7.55. The fraction of sp³-hybridized carbons (Fsp3) is 0.500. The van der Waals surface area contributed by atoms with E-state index < -0.39 is 0 Å². The molecule has 1 aromatic rings. The van der Waals surface area contributed by atoms with Gasteiger partial charge in [-0.3, -0.25) is 4.79 Å². The maximum absolute atomic E-state index is 13.2. The summed E-state index contributed by atoms with van der Waals surface area (Å²) in [6.45, 7) is 2.58. The van der Waals surface area contributed by atoms with E-state index in [1.807, 2.05) is 6.26 Å². The highest BCUT2D eigenvalue weighted by molar-refractivity contribution is 7.97. The van der Waals surface area contributed by atoms with Crippen LogP contribution in [0.3, 0.4) is 0 Å². The van der Waals surface area contributed by atoms with Crippen LogP contribution in [0.25, 0.3) is 0 Å². The van der Waals surface area contributed by atoms with E-state index in [-0.39, 0.29) is 17.6 Å². The van der Waals surface area contributed by atoms with Crippen LogP contribution in [-0.2, 0) is 17.1 Å². The van der Waals surface area contributed by atoms with E-state index in [2.05, 4.69) is 12.2 Å². The minimum absolute atomic E-state index is 0.127. The molecule has 1 saturated carbocycles. The second kappa shape index (κ2) is 5.74. The standard InChI is InChI=1S/C14H18FNOS/c1-9-5-13(9)14(17)16-7-10-3-4-12(15)6-11(10)8-18-2/h3-4,6,9,13H,5,7-8H2,1-2H3,(H,16,17). The third kappa shape index (κ3) is 3.25. The van der Waals surface area contributed by atoms with Gasteiger partial charge in [0.2, 0.25) is 5.91 Å². The first-order chi connectivity index (χ1) is 8.61. The van der Waals surface area contributed by atoms with Crippen LogP contribution in [0.1, 0.15) is 24.5 Å². The molecular weight excluding hydrogens is 249 g/mol. The first kappa shape index (κ1) is 13.4. The largest absolute Gasteiger partial charge is 0.352 e. The summed E-state index contributed by atoms with van der Waals surface area (Å²) < 4.78 is 13.2. The van der Waals surface area contributed by atoms with Crippen molar-refractivity contribution >= 4 is 17.7 Å². The Morgan fingerprint density at radius 2 is 2.22 bits per heavy atom. The van der Waals surface area contributed by atoms with Gasteiger partial charge in [0.1, 0.15) is 5.82 Å². The molecule has 1 aromatic carbocycles. The van der Waals surface area contributed by atoms with Crippen molar-refractivity contribution in [3.05, 3.63) is 35.1 Å². The summed E-state index contributed by atoms with van der Waals surface area (Å²) in [5.41, 5.74) is 1.97. The van der Waals surface area contributed by atoms with Gasteiger partial charge in [0.25, 0.3) is 0 Å². The van der Waals surface area contributed by atoms with E-state index in [9.17, 15) is 9.18 Å².